The normalized spacial score (nSPS) is 12.0. The van der Waals surface area contributed by atoms with E-state index in [-0.39, 0.29) is 23.8 Å². The maximum atomic E-state index is 12.7. The minimum atomic E-state index is -4.47. The number of benzene rings is 2. The fourth-order valence-electron chi connectivity index (χ4n) is 2.50. The average molecular weight is 376 g/mol. The number of amides is 1. The number of rotatable bonds is 4. The first kappa shape index (κ1) is 18.4. The van der Waals surface area contributed by atoms with Crippen molar-refractivity contribution in [3.8, 4) is 5.88 Å². The largest absolute Gasteiger partial charge is 0.493 e. The molecule has 0 atom stereocenters. The molecule has 1 amide bonds. The maximum Gasteiger partial charge on any atom is 0.416 e. The summed E-state index contributed by atoms with van der Waals surface area (Å²) < 4.78 is 38.1. The Morgan fingerprint density at radius 3 is 2.74 bits per heavy atom. The van der Waals surface area contributed by atoms with E-state index in [0.717, 1.165) is 17.7 Å². The van der Waals surface area contributed by atoms with E-state index in [1.165, 1.54) is 12.1 Å². The lowest BCUT2D eigenvalue weighted by Gasteiger charge is -2.09. The number of carbonyl (C=O) groups is 1. The third-order valence-corrected chi connectivity index (χ3v) is 3.80. The van der Waals surface area contributed by atoms with Crippen LogP contribution >= 0.6 is 0 Å². The van der Waals surface area contributed by atoms with E-state index in [9.17, 15) is 23.1 Å². The second-order valence-electron chi connectivity index (χ2n) is 5.90. The smallest absolute Gasteiger partial charge is 0.416 e. The number of hydrogen-bond acceptors (Lipinski definition) is 4. The van der Waals surface area contributed by atoms with Gasteiger partial charge in [-0.1, -0.05) is 17.7 Å². The number of anilines is 1. The summed E-state index contributed by atoms with van der Waals surface area (Å²) in [6.07, 6.45) is -4.47. The Morgan fingerprint density at radius 1 is 1.22 bits per heavy atom. The number of hydrogen-bond donors (Lipinski definition) is 3. The minimum absolute atomic E-state index is 0.126. The zero-order chi connectivity index (χ0) is 19.6. The van der Waals surface area contributed by atoms with E-state index in [0.29, 0.717) is 10.9 Å². The van der Waals surface area contributed by atoms with Crippen molar-refractivity contribution < 1.29 is 23.1 Å². The molecule has 0 radical (unpaired) electrons. The Bertz CT molecular complexity index is 1030. The quantitative estimate of drug-likeness (QED) is 0.565. The van der Waals surface area contributed by atoms with Gasteiger partial charge in [-0.2, -0.15) is 13.2 Å². The SMILES string of the molecule is Cc1ccc2[nH]c(O)c(N=NC(=O)CNc3cccc(C(F)(F)F)c3)c2c1. The highest BCUT2D eigenvalue weighted by molar-refractivity contribution is 5.95. The summed E-state index contributed by atoms with van der Waals surface area (Å²) in [4.78, 5) is 14.6. The molecule has 1 heterocycles. The monoisotopic (exact) mass is 376 g/mol. The number of fused-ring (bicyclic) bond motifs is 1. The molecule has 0 spiro atoms. The maximum absolute atomic E-state index is 12.7. The third-order valence-electron chi connectivity index (χ3n) is 3.80. The first-order valence-electron chi connectivity index (χ1n) is 7.91. The lowest BCUT2D eigenvalue weighted by Crippen LogP contribution is -2.12. The summed E-state index contributed by atoms with van der Waals surface area (Å²) >= 11 is 0. The Balaban J connectivity index is 1.70. The summed E-state index contributed by atoms with van der Waals surface area (Å²) in [6.45, 7) is 1.53. The van der Waals surface area contributed by atoms with Gasteiger partial charge in [0.25, 0.3) is 5.91 Å². The molecule has 0 aliphatic rings. The van der Waals surface area contributed by atoms with Gasteiger partial charge in [-0.3, -0.25) is 4.79 Å². The standard InChI is InChI=1S/C18H15F3N4O2/c1-10-5-6-14-13(7-10)16(17(27)23-14)25-24-15(26)9-22-12-4-2-3-11(8-12)18(19,20)21/h2-8,22-23,27H,9H2,1H3. The van der Waals surface area contributed by atoms with Crippen LogP contribution in [-0.2, 0) is 11.0 Å². The third kappa shape index (κ3) is 4.25. The van der Waals surface area contributed by atoms with Crippen molar-refractivity contribution in [2.75, 3.05) is 11.9 Å². The van der Waals surface area contributed by atoms with Crippen molar-refractivity contribution in [2.45, 2.75) is 13.1 Å². The van der Waals surface area contributed by atoms with Gasteiger partial charge in [-0.15, -0.1) is 10.2 Å². The number of halogens is 3. The Labute approximate surface area is 151 Å². The molecule has 3 rings (SSSR count). The van der Waals surface area contributed by atoms with Crippen molar-refractivity contribution in [2.24, 2.45) is 10.2 Å². The van der Waals surface area contributed by atoms with Gasteiger partial charge < -0.3 is 15.4 Å². The first-order chi connectivity index (χ1) is 12.7. The highest BCUT2D eigenvalue weighted by Crippen LogP contribution is 2.36. The van der Waals surface area contributed by atoms with Crippen LogP contribution in [0.1, 0.15) is 11.1 Å². The molecule has 3 N–H and O–H groups in total. The number of aromatic nitrogens is 1. The second-order valence-corrected chi connectivity index (χ2v) is 5.90. The van der Waals surface area contributed by atoms with Gasteiger partial charge in [0.2, 0.25) is 5.88 Å². The van der Waals surface area contributed by atoms with Crippen LogP contribution in [0.3, 0.4) is 0 Å². The zero-order valence-corrected chi connectivity index (χ0v) is 14.1. The van der Waals surface area contributed by atoms with Gasteiger partial charge in [0.1, 0.15) is 0 Å². The Hall–Kier alpha value is -3.36. The summed E-state index contributed by atoms with van der Waals surface area (Å²) in [5.41, 5.74) is 1.03. The molecule has 0 saturated heterocycles. The van der Waals surface area contributed by atoms with Crippen molar-refractivity contribution in [3.05, 3.63) is 53.6 Å². The summed E-state index contributed by atoms with van der Waals surface area (Å²) in [6, 6.07) is 9.89. The van der Waals surface area contributed by atoms with E-state index in [2.05, 4.69) is 20.5 Å². The highest BCUT2D eigenvalue weighted by Gasteiger charge is 2.30. The molecule has 6 nitrogen and oxygen atoms in total. The van der Waals surface area contributed by atoms with Crippen molar-refractivity contribution in [1.29, 1.82) is 0 Å². The summed E-state index contributed by atoms with van der Waals surface area (Å²) in [5.74, 6) is -0.924. The van der Waals surface area contributed by atoms with Gasteiger partial charge >= 0.3 is 6.18 Å². The predicted octanol–water partition coefficient (Wildman–Crippen LogP) is 4.92. The molecule has 0 unspecified atom stereocenters. The molecule has 140 valence electrons. The second kappa shape index (κ2) is 7.10. The fraction of sp³-hybridized carbons (Fsp3) is 0.167. The lowest BCUT2D eigenvalue weighted by molar-refractivity contribution is -0.137. The molecule has 0 bridgehead atoms. The molecule has 0 fully saturated rings. The van der Waals surface area contributed by atoms with Crippen molar-refractivity contribution in [3.63, 3.8) is 0 Å². The average Bonchev–Trinajstić information content (AvgIpc) is 2.92. The topological polar surface area (TPSA) is 89.8 Å². The first-order valence-corrected chi connectivity index (χ1v) is 7.91. The van der Waals surface area contributed by atoms with Crippen LogP contribution in [0.25, 0.3) is 10.9 Å². The fourth-order valence-corrected chi connectivity index (χ4v) is 2.50. The number of alkyl halides is 3. The van der Waals surface area contributed by atoms with E-state index < -0.39 is 17.6 Å². The van der Waals surface area contributed by atoms with Crippen LogP contribution in [0.15, 0.2) is 52.7 Å². The van der Waals surface area contributed by atoms with Crippen LogP contribution < -0.4 is 5.32 Å². The Morgan fingerprint density at radius 2 is 2.00 bits per heavy atom. The number of azo groups is 1. The van der Waals surface area contributed by atoms with Crippen LogP contribution in [-0.4, -0.2) is 22.5 Å². The molecule has 2 aromatic carbocycles. The predicted molar refractivity (Wildman–Crippen MR) is 94.2 cm³/mol. The zero-order valence-electron chi connectivity index (χ0n) is 14.1. The van der Waals surface area contributed by atoms with Gasteiger partial charge in [-0.05, 0) is 37.3 Å². The lowest BCUT2D eigenvalue weighted by atomic mass is 10.2. The van der Waals surface area contributed by atoms with E-state index in [1.54, 1.807) is 12.1 Å². The number of aromatic hydroxyl groups is 1. The Kier molecular flexibility index (Phi) is 4.85. The van der Waals surface area contributed by atoms with E-state index in [4.69, 9.17) is 0 Å². The molecule has 27 heavy (non-hydrogen) atoms. The number of aromatic amines is 1. The van der Waals surface area contributed by atoms with Crippen LogP contribution in [0, 0.1) is 6.92 Å². The van der Waals surface area contributed by atoms with Crippen LogP contribution in [0.5, 0.6) is 5.88 Å². The highest BCUT2D eigenvalue weighted by atomic mass is 19.4. The van der Waals surface area contributed by atoms with Crippen molar-refractivity contribution in [1.82, 2.24) is 4.98 Å². The molecular weight excluding hydrogens is 361 g/mol. The summed E-state index contributed by atoms with van der Waals surface area (Å²) in [7, 11) is 0. The molecule has 0 saturated carbocycles. The molecule has 0 aliphatic heterocycles. The van der Waals surface area contributed by atoms with Gasteiger partial charge in [-0.25, -0.2) is 0 Å². The van der Waals surface area contributed by atoms with Gasteiger partial charge in [0.15, 0.2) is 5.69 Å². The summed E-state index contributed by atoms with van der Waals surface area (Å²) in [5, 5.41) is 20.4. The number of nitrogens with one attached hydrogen (secondary N) is 2. The van der Waals surface area contributed by atoms with Crippen molar-refractivity contribution >= 4 is 28.2 Å². The molecule has 3 aromatic rings. The van der Waals surface area contributed by atoms with E-state index >= 15 is 0 Å². The number of aryl methyl sites for hydroxylation is 1. The molecule has 0 aliphatic carbocycles. The van der Waals surface area contributed by atoms with Crippen LogP contribution in [0.2, 0.25) is 0 Å². The molecule has 1 aromatic heterocycles. The molecule has 9 heteroatoms. The minimum Gasteiger partial charge on any atom is -0.493 e. The number of H-pyrrole nitrogens is 1. The number of carbonyl (C=O) groups excluding carboxylic acids is 1. The van der Waals surface area contributed by atoms with E-state index in [1.807, 2.05) is 13.0 Å². The molecular formula is C18H15F3N4O2. The van der Waals surface area contributed by atoms with Gasteiger partial charge in [0.05, 0.1) is 17.6 Å². The van der Waals surface area contributed by atoms with Gasteiger partial charge in [0, 0.05) is 11.1 Å². The van der Waals surface area contributed by atoms with Crippen LogP contribution in [0.4, 0.5) is 24.5 Å². The number of nitrogens with zero attached hydrogens (tertiary/aromatic N) is 2.